The minimum absolute atomic E-state index is 0.0240. The van der Waals surface area contributed by atoms with Gasteiger partial charge in [0.1, 0.15) is 5.54 Å². The van der Waals surface area contributed by atoms with Crippen LogP contribution in [0.15, 0.2) is 0 Å². The highest BCUT2D eigenvalue weighted by atomic mass is 32.2. The highest BCUT2D eigenvalue weighted by molar-refractivity contribution is 7.86. The fraction of sp³-hybridized carbons (Fsp3) is 0.929. The highest BCUT2D eigenvalue weighted by Crippen LogP contribution is 2.57. The SMILES string of the molecule is CC1(C)C2OCCCC2C1(N)C(=O)N1CCN(S(N)(=O)=O)CC1. The number of fused-ring (bicyclic) bond motifs is 1. The van der Waals surface area contributed by atoms with E-state index in [1.807, 2.05) is 13.8 Å². The molecular weight excluding hydrogens is 320 g/mol. The molecule has 8 nitrogen and oxygen atoms in total. The molecule has 0 radical (unpaired) electrons. The van der Waals surface area contributed by atoms with Crippen molar-refractivity contribution in [2.75, 3.05) is 32.8 Å². The van der Waals surface area contributed by atoms with Gasteiger partial charge in [0.2, 0.25) is 5.91 Å². The number of carbonyl (C=O) groups excluding carboxylic acids is 1. The summed E-state index contributed by atoms with van der Waals surface area (Å²) in [6.45, 7) is 5.76. The van der Waals surface area contributed by atoms with Gasteiger partial charge in [-0.1, -0.05) is 13.8 Å². The third-order valence-electron chi connectivity index (χ3n) is 5.92. The predicted octanol–water partition coefficient (Wildman–Crippen LogP) is -1.13. The molecule has 0 bridgehead atoms. The van der Waals surface area contributed by atoms with Gasteiger partial charge in [0, 0.05) is 44.1 Å². The van der Waals surface area contributed by atoms with Crippen molar-refractivity contribution in [1.29, 1.82) is 0 Å². The Balaban J connectivity index is 1.73. The molecule has 0 aromatic rings. The minimum atomic E-state index is -3.70. The minimum Gasteiger partial charge on any atom is -0.377 e. The van der Waals surface area contributed by atoms with Crippen LogP contribution in [0.3, 0.4) is 0 Å². The van der Waals surface area contributed by atoms with E-state index in [0.717, 1.165) is 19.4 Å². The van der Waals surface area contributed by atoms with E-state index in [2.05, 4.69) is 0 Å². The molecule has 3 fully saturated rings. The van der Waals surface area contributed by atoms with Crippen molar-refractivity contribution in [3.8, 4) is 0 Å². The first kappa shape index (κ1) is 17.1. The first-order valence-corrected chi connectivity index (χ1v) is 9.58. The molecular formula is C14H26N4O4S. The van der Waals surface area contributed by atoms with E-state index in [0.29, 0.717) is 13.1 Å². The van der Waals surface area contributed by atoms with Gasteiger partial charge in [0.25, 0.3) is 10.2 Å². The molecule has 2 heterocycles. The van der Waals surface area contributed by atoms with Gasteiger partial charge in [0.15, 0.2) is 0 Å². The zero-order valence-corrected chi connectivity index (χ0v) is 14.5. The molecule has 3 rings (SSSR count). The maximum atomic E-state index is 13.1. The highest BCUT2D eigenvalue weighted by Gasteiger charge is 2.70. The quantitative estimate of drug-likeness (QED) is 0.655. The molecule has 9 heteroatoms. The number of nitrogens with two attached hydrogens (primary N) is 2. The van der Waals surface area contributed by atoms with E-state index < -0.39 is 21.2 Å². The van der Waals surface area contributed by atoms with Crippen molar-refractivity contribution in [2.24, 2.45) is 22.2 Å². The van der Waals surface area contributed by atoms with Crippen LogP contribution in [0.5, 0.6) is 0 Å². The number of ether oxygens (including phenoxy) is 1. The smallest absolute Gasteiger partial charge is 0.277 e. The van der Waals surface area contributed by atoms with Crippen LogP contribution in [-0.2, 0) is 19.7 Å². The van der Waals surface area contributed by atoms with Crippen molar-refractivity contribution in [2.45, 2.75) is 38.3 Å². The summed E-state index contributed by atoms with van der Waals surface area (Å²) < 4.78 is 29.8. The van der Waals surface area contributed by atoms with Crippen LogP contribution < -0.4 is 10.9 Å². The molecule has 3 aliphatic rings. The van der Waals surface area contributed by atoms with Crippen molar-refractivity contribution >= 4 is 16.1 Å². The lowest BCUT2D eigenvalue weighted by Crippen LogP contribution is -2.82. The summed E-state index contributed by atoms with van der Waals surface area (Å²) in [7, 11) is -3.70. The van der Waals surface area contributed by atoms with Crippen molar-refractivity contribution in [3.05, 3.63) is 0 Å². The van der Waals surface area contributed by atoms with Crippen molar-refractivity contribution in [1.82, 2.24) is 9.21 Å². The summed E-state index contributed by atoms with van der Waals surface area (Å²) in [5, 5.41) is 5.14. The molecule has 1 aliphatic carbocycles. The summed E-state index contributed by atoms with van der Waals surface area (Å²) in [5.74, 6) is -0.0571. The number of amides is 1. The van der Waals surface area contributed by atoms with Crippen LogP contribution in [0.4, 0.5) is 0 Å². The van der Waals surface area contributed by atoms with E-state index >= 15 is 0 Å². The number of piperazine rings is 1. The molecule has 0 spiro atoms. The number of nitrogens with zero attached hydrogens (tertiary/aromatic N) is 2. The second-order valence-electron chi connectivity index (χ2n) is 7.37. The molecule has 0 aromatic heterocycles. The first-order chi connectivity index (χ1) is 10.6. The predicted molar refractivity (Wildman–Crippen MR) is 84.4 cm³/mol. The lowest BCUT2D eigenvalue weighted by molar-refractivity contribution is -0.230. The first-order valence-electron chi connectivity index (χ1n) is 8.08. The largest absolute Gasteiger partial charge is 0.377 e. The average molecular weight is 346 g/mol. The molecule has 0 aromatic carbocycles. The monoisotopic (exact) mass is 346 g/mol. The van der Waals surface area contributed by atoms with E-state index in [1.54, 1.807) is 4.90 Å². The van der Waals surface area contributed by atoms with Gasteiger partial charge in [-0.15, -0.1) is 0 Å². The molecule has 2 saturated heterocycles. The lowest BCUT2D eigenvalue weighted by Gasteiger charge is -2.66. The fourth-order valence-electron chi connectivity index (χ4n) is 4.42. The average Bonchev–Trinajstić information content (AvgIpc) is 2.52. The van der Waals surface area contributed by atoms with Crippen LogP contribution in [-0.4, -0.2) is 68.0 Å². The molecule has 3 atom stereocenters. The second kappa shape index (κ2) is 5.38. The van der Waals surface area contributed by atoms with E-state index in [1.165, 1.54) is 4.31 Å². The number of hydrogen-bond donors (Lipinski definition) is 2. The number of hydrogen-bond acceptors (Lipinski definition) is 5. The van der Waals surface area contributed by atoms with Crippen LogP contribution >= 0.6 is 0 Å². The second-order valence-corrected chi connectivity index (χ2v) is 8.91. The Morgan fingerprint density at radius 3 is 2.39 bits per heavy atom. The van der Waals surface area contributed by atoms with Gasteiger partial charge < -0.3 is 15.4 Å². The Hall–Kier alpha value is -0.740. The van der Waals surface area contributed by atoms with E-state index in [9.17, 15) is 13.2 Å². The van der Waals surface area contributed by atoms with Gasteiger partial charge >= 0.3 is 0 Å². The Labute approximate surface area is 137 Å². The molecule has 132 valence electrons. The summed E-state index contributed by atoms with van der Waals surface area (Å²) in [6.07, 6.45) is 1.84. The lowest BCUT2D eigenvalue weighted by atomic mass is 9.46. The van der Waals surface area contributed by atoms with Gasteiger partial charge in [0.05, 0.1) is 6.10 Å². The van der Waals surface area contributed by atoms with Crippen LogP contribution in [0.25, 0.3) is 0 Å². The molecule has 1 saturated carbocycles. The van der Waals surface area contributed by atoms with Crippen LogP contribution in [0.1, 0.15) is 26.7 Å². The fourth-order valence-corrected chi connectivity index (χ4v) is 5.09. The topological polar surface area (TPSA) is 119 Å². The number of carbonyl (C=O) groups is 1. The summed E-state index contributed by atoms with van der Waals surface area (Å²) in [6, 6.07) is 0. The van der Waals surface area contributed by atoms with Crippen LogP contribution in [0, 0.1) is 11.3 Å². The Morgan fingerprint density at radius 1 is 1.22 bits per heavy atom. The zero-order valence-electron chi connectivity index (χ0n) is 13.7. The molecule has 1 amide bonds. The van der Waals surface area contributed by atoms with Crippen molar-refractivity contribution in [3.63, 3.8) is 0 Å². The van der Waals surface area contributed by atoms with Gasteiger partial charge in [-0.2, -0.15) is 12.7 Å². The standard InChI is InChI=1S/C14H26N4O4S/c1-13(2)11-10(4-3-9-22-11)14(13,15)12(19)17-5-7-18(8-6-17)23(16,20)21/h10-11H,3-9,15H2,1-2H3,(H2,16,20,21). The van der Waals surface area contributed by atoms with Gasteiger partial charge in [-0.05, 0) is 12.8 Å². The normalized spacial score (nSPS) is 37.8. The van der Waals surface area contributed by atoms with Crippen LogP contribution in [0.2, 0.25) is 0 Å². The van der Waals surface area contributed by atoms with Crippen molar-refractivity contribution < 1.29 is 17.9 Å². The molecule has 4 N–H and O–H groups in total. The summed E-state index contributed by atoms with van der Waals surface area (Å²) >= 11 is 0. The van der Waals surface area contributed by atoms with Gasteiger partial charge in [-0.25, -0.2) is 5.14 Å². The number of rotatable bonds is 2. The third kappa shape index (κ3) is 2.41. The van der Waals surface area contributed by atoms with E-state index in [4.69, 9.17) is 15.6 Å². The zero-order chi connectivity index (χ0) is 17.0. The molecule has 23 heavy (non-hydrogen) atoms. The third-order valence-corrected chi connectivity index (χ3v) is 7.01. The summed E-state index contributed by atoms with van der Waals surface area (Å²) in [5.41, 5.74) is 5.24. The maximum Gasteiger partial charge on any atom is 0.277 e. The summed E-state index contributed by atoms with van der Waals surface area (Å²) in [4.78, 5) is 14.8. The van der Waals surface area contributed by atoms with Gasteiger partial charge in [-0.3, -0.25) is 4.79 Å². The van der Waals surface area contributed by atoms with E-state index in [-0.39, 0.29) is 31.0 Å². The Bertz CT molecular complexity index is 600. The maximum absolute atomic E-state index is 13.1. The Morgan fingerprint density at radius 2 is 1.83 bits per heavy atom. The molecule has 2 aliphatic heterocycles. The Kier molecular flexibility index (Phi) is 4.00. The molecule has 3 unspecified atom stereocenters.